The minimum Gasteiger partial charge on any atom is -0.121 e. The molecule has 0 nitrogen and oxygen atoms in total. The summed E-state index contributed by atoms with van der Waals surface area (Å²) in [7, 11) is 0. The molecule has 0 saturated heterocycles. The third kappa shape index (κ3) is 2.03. The average molecular weight is 213 g/mol. The first-order valence-corrected chi connectivity index (χ1v) is 5.86. The van der Waals surface area contributed by atoms with E-state index in [9.17, 15) is 0 Å². The molecule has 0 aliphatic heterocycles. The number of halogens is 1. The van der Waals surface area contributed by atoms with Gasteiger partial charge in [-0.05, 0) is 30.9 Å². The van der Waals surface area contributed by atoms with Crippen molar-refractivity contribution in [3.05, 3.63) is 28.8 Å². The maximum Gasteiger partial charge on any atom is 0.0571 e. The highest BCUT2D eigenvalue weighted by atomic mass is 35.5. The highest BCUT2D eigenvalue weighted by molar-refractivity contribution is 8.00. The highest BCUT2D eigenvalue weighted by Gasteiger charge is 2.33. The van der Waals surface area contributed by atoms with Crippen molar-refractivity contribution in [1.29, 1.82) is 0 Å². The molecule has 1 saturated carbocycles. The maximum atomic E-state index is 6.19. The smallest absolute Gasteiger partial charge is 0.0571 e. The van der Waals surface area contributed by atoms with Gasteiger partial charge in [0.25, 0.3) is 0 Å². The predicted molar refractivity (Wildman–Crippen MR) is 59.6 cm³/mol. The SMILES string of the molecule is Cc1cccc(SC2CC2C)c1Cl. The van der Waals surface area contributed by atoms with E-state index in [1.807, 2.05) is 11.8 Å². The van der Waals surface area contributed by atoms with E-state index in [4.69, 9.17) is 11.6 Å². The zero-order valence-electron chi connectivity index (χ0n) is 7.88. The third-order valence-electron chi connectivity index (χ3n) is 2.47. The van der Waals surface area contributed by atoms with Crippen LogP contribution in [0, 0.1) is 12.8 Å². The molecule has 2 atom stereocenters. The number of thioether (sulfide) groups is 1. The zero-order chi connectivity index (χ0) is 9.42. The third-order valence-corrected chi connectivity index (χ3v) is 4.64. The van der Waals surface area contributed by atoms with E-state index in [0.29, 0.717) is 0 Å². The van der Waals surface area contributed by atoms with E-state index in [-0.39, 0.29) is 0 Å². The van der Waals surface area contributed by atoms with E-state index in [1.165, 1.54) is 16.9 Å². The monoisotopic (exact) mass is 212 g/mol. The lowest BCUT2D eigenvalue weighted by atomic mass is 10.2. The van der Waals surface area contributed by atoms with Crippen LogP contribution >= 0.6 is 23.4 Å². The molecule has 0 aromatic heterocycles. The fourth-order valence-corrected chi connectivity index (χ4v) is 2.97. The van der Waals surface area contributed by atoms with E-state index in [2.05, 4.69) is 32.0 Å². The number of aryl methyl sites for hydroxylation is 1. The lowest BCUT2D eigenvalue weighted by Crippen LogP contribution is -1.82. The molecule has 1 aromatic carbocycles. The van der Waals surface area contributed by atoms with Gasteiger partial charge < -0.3 is 0 Å². The Kier molecular flexibility index (Phi) is 2.57. The molecule has 0 N–H and O–H groups in total. The average Bonchev–Trinajstić information content (AvgIpc) is 2.77. The molecule has 0 amide bonds. The summed E-state index contributed by atoms with van der Waals surface area (Å²) in [4.78, 5) is 1.25. The van der Waals surface area contributed by atoms with Crippen LogP contribution in [0.25, 0.3) is 0 Å². The van der Waals surface area contributed by atoms with Gasteiger partial charge in [0.2, 0.25) is 0 Å². The van der Waals surface area contributed by atoms with Gasteiger partial charge in [-0.1, -0.05) is 30.7 Å². The quantitative estimate of drug-likeness (QED) is 0.710. The molecule has 0 spiro atoms. The molecule has 0 heterocycles. The van der Waals surface area contributed by atoms with Crippen LogP contribution in [-0.2, 0) is 0 Å². The van der Waals surface area contributed by atoms with Crippen LogP contribution in [0.2, 0.25) is 5.02 Å². The first kappa shape index (κ1) is 9.42. The molecule has 2 unspecified atom stereocenters. The first-order valence-electron chi connectivity index (χ1n) is 4.60. The van der Waals surface area contributed by atoms with Gasteiger partial charge in [-0.2, -0.15) is 0 Å². The summed E-state index contributed by atoms with van der Waals surface area (Å²) in [5, 5.41) is 1.74. The highest BCUT2D eigenvalue weighted by Crippen LogP contribution is 2.46. The second-order valence-corrected chi connectivity index (χ2v) is 5.42. The minimum absolute atomic E-state index is 0.805. The summed E-state index contributed by atoms with van der Waals surface area (Å²) < 4.78 is 0. The first-order chi connectivity index (χ1) is 6.18. The number of hydrogen-bond donors (Lipinski definition) is 0. The fraction of sp³-hybridized carbons (Fsp3) is 0.455. The molecule has 1 fully saturated rings. The Hall–Kier alpha value is -0.140. The van der Waals surface area contributed by atoms with Crippen LogP contribution in [0.15, 0.2) is 23.1 Å². The molecule has 70 valence electrons. The van der Waals surface area contributed by atoms with Crippen molar-refractivity contribution in [3.63, 3.8) is 0 Å². The van der Waals surface area contributed by atoms with Crippen molar-refractivity contribution >= 4 is 23.4 Å². The normalized spacial score (nSPS) is 26.1. The van der Waals surface area contributed by atoms with Gasteiger partial charge >= 0.3 is 0 Å². The van der Waals surface area contributed by atoms with Crippen LogP contribution in [0.1, 0.15) is 18.9 Å². The van der Waals surface area contributed by atoms with E-state index in [1.54, 1.807) is 0 Å². The van der Waals surface area contributed by atoms with Crippen molar-refractivity contribution in [2.24, 2.45) is 5.92 Å². The second kappa shape index (κ2) is 3.55. The Labute approximate surface area is 88.7 Å². The zero-order valence-corrected chi connectivity index (χ0v) is 9.45. The van der Waals surface area contributed by atoms with E-state index >= 15 is 0 Å². The number of benzene rings is 1. The Morgan fingerprint density at radius 2 is 2.15 bits per heavy atom. The summed E-state index contributed by atoms with van der Waals surface area (Å²) >= 11 is 8.12. The second-order valence-electron chi connectivity index (χ2n) is 3.76. The molecule has 2 heteroatoms. The van der Waals surface area contributed by atoms with Crippen LogP contribution in [0.4, 0.5) is 0 Å². The summed E-state index contributed by atoms with van der Waals surface area (Å²) in [5.74, 6) is 0.876. The van der Waals surface area contributed by atoms with E-state index in [0.717, 1.165) is 16.2 Å². The predicted octanol–water partition coefficient (Wildman–Crippen LogP) is 4.15. The van der Waals surface area contributed by atoms with Gasteiger partial charge in [-0.15, -0.1) is 11.8 Å². The van der Waals surface area contributed by atoms with Gasteiger partial charge in [0.15, 0.2) is 0 Å². The Balaban J connectivity index is 2.15. The standard InChI is InChI=1S/C11H13ClS/c1-7-4-3-5-9(11(7)12)13-10-6-8(10)2/h3-5,8,10H,6H2,1-2H3. The lowest BCUT2D eigenvalue weighted by Gasteiger charge is -2.04. The summed E-state index contributed by atoms with van der Waals surface area (Å²) in [6.45, 7) is 4.35. The largest absolute Gasteiger partial charge is 0.121 e. The molecular formula is C11H13ClS. The maximum absolute atomic E-state index is 6.19. The van der Waals surface area contributed by atoms with Gasteiger partial charge in [0.05, 0.1) is 5.02 Å². The van der Waals surface area contributed by atoms with Crippen LogP contribution in [0.3, 0.4) is 0 Å². The Morgan fingerprint density at radius 1 is 1.46 bits per heavy atom. The number of rotatable bonds is 2. The number of hydrogen-bond acceptors (Lipinski definition) is 1. The summed E-state index contributed by atoms with van der Waals surface area (Å²) in [6.07, 6.45) is 1.34. The lowest BCUT2D eigenvalue weighted by molar-refractivity contribution is 0.987. The van der Waals surface area contributed by atoms with Crippen LogP contribution in [-0.4, -0.2) is 5.25 Å². The van der Waals surface area contributed by atoms with Crippen molar-refractivity contribution in [2.75, 3.05) is 0 Å². The molecule has 1 aliphatic rings. The Morgan fingerprint density at radius 3 is 2.77 bits per heavy atom. The molecule has 13 heavy (non-hydrogen) atoms. The van der Waals surface area contributed by atoms with Crippen molar-refractivity contribution in [1.82, 2.24) is 0 Å². The van der Waals surface area contributed by atoms with Crippen molar-refractivity contribution in [3.8, 4) is 0 Å². The molecule has 1 aliphatic carbocycles. The Bertz CT molecular complexity index is 322. The van der Waals surface area contributed by atoms with Gasteiger partial charge in [0, 0.05) is 10.1 Å². The summed E-state index contributed by atoms with van der Waals surface area (Å²) in [5.41, 5.74) is 1.18. The molecule has 1 aromatic rings. The van der Waals surface area contributed by atoms with Crippen molar-refractivity contribution < 1.29 is 0 Å². The van der Waals surface area contributed by atoms with Crippen LogP contribution < -0.4 is 0 Å². The molecule has 2 rings (SSSR count). The van der Waals surface area contributed by atoms with Gasteiger partial charge in [-0.25, -0.2) is 0 Å². The molecular weight excluding hydrogens is 200 g/mol. The van der Waals surface area contributed by atoms with Crippen LogP contribution in [0.5, 0.6) is 0 Å². The topological polar surface area (TPSA) is 0 Å². The van der Waals surface area contributed by atoms with Gasteiger partial charge in [0.1, 0.15) is 0 Å². The van der Waals surface area contributed by atoms with E-state index < -0.39 is 0 Å². The molecule has 0 bridgehead atoms. The molecule has 0 radical (unpaired) electrons. The minimum atomic E-state index is 0.805. The van der Waals surface area contributed by atoms with Crippen molar-refractivity contribution in [2.45, 2.75) is 30.4 Å². The summed E-state index contributed by atoms with van der Waals surface area (Å²) in [6, 6.07) is 6.25. The van der Waals surface area contributed by atoms with Gasteiger partial charge in [-0.3, -0.25) is 0 Å². The fourth-order valence-electron chi connectivity index (χ4n) is 1.33.